The van der Waals surface area contributed by atoms with E-state index in [4.69, 9.17) is 4.74 Å². The highest BCUT2D eigenvalue weighted by Crippen LogP contribution is 2.20. The number of amides is 1. The maximum absolute atomic E-state index is 12.0. The molecule has 1 N–H and O–H groups in total. The zero-order valence-corrected chi connectivity index (χ0v) is 16.5. The molecule has 0 saturated heterocycles. The zero-order valence-electron chi connectivity index (χ0n) is 16.5. The van der Waals surface area contributed by atoms with Gasteiger partial charge >= 0.3 is 5.97 Å². The van der Waals surface area contributed by atoms with Crippen molar-refractivity contribution in [2.75, 3.05) is 6.61 Å². The van der Waals surface area contributed by atoms with Crippen LogP contribution in [0.5, 0.6) is 0 Å². The average Bonchev–Trinajstić information content (AvgIpc) is 3.02. The Morgan fingerprint density at radius 1 is 1.17 bits per heavy atom. The molecule has 0 saturated carbocycles. The molecule has 29 heavy (non-hydrogen) atoms. The van der Waals surface area contributed by atoms with Gasteiger partial charge in [-0.05, 0) is 63.2 Å². The summed E-state index contributed by atoms with van der Waals surface area (Å²) in [5.74, 6) is -0.707. The summed E-state index contributed by atoms with van der Waals surface area (Å²) in [5.41, 5.74) is 7.06. The lowest BCUT2D eigenvalue weighted by Gasteiger charge is -2.10. The second kappa shape index (κ2) is 8.97. The van der Waals surface area contributed by atoms with Crippen molar-refractivity contribution < 1.29 is 14.3 Å². The third kappa shape index (κ3) is 4.57. The first-order valence-electron chi connectivity index (χ1n) is 9.22. The van der Waals surface area contributed by atoms with Crippen molar-refractivity contribution in [2.45, 2.75) is 20.8 Å². The van der Waals surface area contributed by atoms with Crippen LogP contribution in [0, 0.1) is 13.8 Å². The highest BCUT2D eigenvalue weighted by atomic mass is 16.5. The molecule has 2 aromatic heterocycles. The van der Waals surface area contributed by atoms with Gasteiger partial charge in [0.15, 0.2) is 0 Å². The fourth-order valence-electron chi connectivity index (χ4n) is 2.99. The molecule has 0 atom stereocenters. The summed E-state index contributed by atoms with van der Waals surface area (Å²) >= 11 is 0. The molecule has 1 amide bonds. The van der Waals surface area contributed by atoms with Crippen molar-refractivity contribution in [1.82, 2.24) is 15.0 Å². The van der Waals surface area contributed by atoms with E-state index in [1.54, 1.807) is 49.7 Å². The molecule has 3 rings (SSSR count). The smallest absolute Gasteiger partial charge is 0.338 e. The van der Waals surface area contributed by atoms with E-state index < -0.39 is 0 Å². The van der Waals surface area contributed by atoms with Gasteiger partial charge in [-0.3, -0.25) is 9.78 Å². The molecular weight excluding hydrogens is 368 g/mol. The standard InChI is InChI=1S/C22H22N4O3/c1-4-29-22(28)17-8-10-19(11-9-17)26-15(2)13-18(16(26)3)14-24-25-21(27)20-7-5-6-12-23-20/h5-14H,4H2,1-3H3,(H,25,27)/b24-14+. The van der Waals surface area contributed by atoms with Crippen molar-refractivity contribution in [1.29, 1.82) is 0 Å². The number of pyridine rings is 1. The second-order valence-electron chi connectivity index (χ2n) is 6.34. The number of esters is 1. The highest BCUT2D eigenvalue weighted by Gasteiger charge is 2.12. The summed E-state index contributed by atoms with van der Waals surface area (Å²) < 4.78 is 7.07. The molecule has 0 fully saturated rings. The molecule has 3 aromatic rings. The van der Waals surface area contributed by atoms with E-state index in [2.05, 4.69) is 20.1 Å². The van der Waals surface area contributed by atoms with Crippen LogP contribution in [0.15, 0.2) is 59.8 Å². The summed E-state index contributed by atoms with van der Waals surface area (Å²) in [7, 11) is 0. The molecule has 0 aliphatic heterocycles. The van der Waals surface area contributed by atoms with Crippen LogP contribution in [0.1, 0.15) is 44.7 Å². The Bertz CT molecular complexity index is 1040. The van der Waals surface area contributed by atoms with Gasteiger partial charge in [0.1, 0.15) is 5.69 Å². The van der Waals surface area contributed by atoms with E-state index in [9.17, 15) is 9.59 Å². The fraction of sp³-hybridized carbons (Fsp3) is 0.182. The van der Waals surface area contributed by atoms with Gasteiger partial charge in [-0.15, -0.1) is 0 Å². The number of carbonyl (C=O) groups excluding carboxylic acids is 2. The first-order valence-corrected chi connectivity index (χ1v) is 9.22. The highest BCUT2D eigenvalue weighted by molar-refractivity contribution is 5.93. The Balaban J connectivity index is 1.76. The number of hydrogen-bond donors (Lipinski definition) is 1. The molecular formula is C22H22N4O3. The van der Waals surface area contributed by atoms with Crippen LogP contribution in [0.2, 0.25) is 0 Å². The number of aromatic nitrogens is 2. The van der Waals surface area contributed by atoms with Crippen molar-refractivity contribution >= 4 is 18.1 Å². The Kier molecular flexibility index (Phi) is 6.19. The van der Waals surface area contributed by atoms with Crippen LogP contribution < -0.4 is 5.43 Å². The van der Waals surface area contributed by atoms with Crippen LogP contribution in [0.25, 0.3) is 5.69 Å². The molecule has 2 heterocycles. The molecule has 0 spiro atoms. The third-order valence-corrected chi connectivity index (χ3v) is 4.37. The van der Waals surface area contributed by atoms with E-state index in [0.29, 0.717) is 17.9 Å². The van der Waals surface area contributed by atoms with Crippen molar-refractivity contribution in [3.05, 3.63) is 82.9 Å². The fourth-order valence-corrected chi connectivity index (χ4v) is 2.99. The van der Waals surface area contributed by atoms with Gasteiger partial charge in [0.2, 0.25) is 0 Å². The molecule has 7 heteroatoms. The Morgan fingerprint density at radius 3 is 2.59 bits per heavy atom. The topological polar surface area (TPSA) is 85.6 Å². The molecule has 0 aliphatic carbocycles. The van der Waals surface area contributed by atoms with Crippen molar-refractivity contribution in [2.24, 2.45) is 5.10 Å². The van der Waals surface area contributed by atoms with E-state index in [1.807, 2.05) is 32.0 Å². The van der Waals surface area contributed by atoms with Gasteiger partial charge < -0.3 is 9.30 Å². The monoisotopic (exact) mass is 390 g/mol. The minimum atomic E-state index is -0.370. The maximum atomic E-state index is 12.0. The number of rotatable bonds is 6. The van der Waals surface area contributed by atoms with Crippen LogP contribution in [0.3, 0.4) is 0 Å². The maximum Gasteiger partial charge on any atom is 0.338 e. The average molecular weight is 390 g/mol. The first-order chi connectivity index (χ1) is 14.0. The van der Waals surface area contributed by atoms with Gasteiger partial charge in [0.05, 0.1) is 18.4 Å². The minimum Gasteiger partial charge on any atom is -0.462 e. The Hall–Kier alpha value is -3.74. The molecule has 0 unspecified atom stereocenters. The largest absolute Gasteiger partial charge is 0.462 e. The lowest BCUT2D eigenvalue weighted by Crippen LogP contribution is -2.18. The third-order valence-electron chi connectivity index (χ3n) is 4.37. The van der Waals surface area contributed by atoms with Gasteiger partial charge in [-0.25, -0.2) is 10.2 Å². The van der Waals surface area contributed by atoms with Crippen molar-refractivity contribution in [3.8, 4) is 5.69 Å². The number of carbonyl (C=O) groups is 2. The van der Waals surface area contributed by atoms with E-state index in [0.717, 1.165) is 22.6 Å². The Morgan fingerprint density at radius 2 is 1.93 bits per heavy atom. The first kappa shape index (κ1) is 20.0. The predicted molar refractivity (Wildman–Crippen MR) is 110 cm³/mol. The molecule has 0 bridgehead atoms. The number of hydrazone groups is 1. The van der Waals surface area contributed by atoms with Gasteiger partial charge in [0, 0.05) is 28.8 Å². The lowest BCUT2D eigenvalue weighted by molar-refractivity contribution is 0.0526. The quantitative estimate of drug-likeness (QED) is 0.397. The molecule has 0 aliphatic rings. The van der Waals surface area contributed by atoms with Gasteiger partial charge in [-0.2, -0.15) is 5.10 Å². The number of ether oxygens (including phenoxy) is 1. The van der Waals surface area contributed by atoms with Gasteiger partial charge in [0.25, 0.3) is 5.91 Å². The molecule has 1 aromatic carbocycles. The van der Waals surface area contributed by atoms with Crippen molar-refractivity contribution in [3.63, 3.8) is 0 Å². The van der Waals surface area contributed by atoms with Crippen LogP contribution in [-0.2, 0) is 4.74 Å². The molecule has 148 valence electrons. The summed E-state index contributed by atoms with van der Waals surface area (Å²) in [4.78, 5) is 27.8. The summed E-state index contributed by atoms with van der Waals surface area (Å²) in [5, 5.41) is 4.05. The summed E-state index contributed by atoms with van der Waals surface area (Å²) in [6, 6.07) is 14.3. The second-order valence-corrected chi connectivity index (χ2v) is 6.34. The number of aryl methyl sites for hydroxylation is 1. The zero-order chi connectivity index (χ0) is 20.8. The minimum absolute atomic E-state index is 0.303. The SMILES string of the molecule is CCOC(=O)c1ccc(-n2c(C)cc(/C=N/NC(=O)c3ccccn3)c2C)cc1. The van der Waals surface area contributed by atoms with Crippen LogP contribution in [-0.4, -0.2) is 34.2 Å². The van der Waals surface area contributed by atoms with Crippen LogP contribution in [0.4, 0.5) is 0 Å². The van der Waals surface area contributed by atoms with Gasteiger partial charge in [-0.1, -0.05) is 6.07 Å². The molecule has 7 nitrogen and oxygen atoms in total. The normalized spacial score (nSPS) is 10.9. The van der Waals surface area contributed by atoms with E-state index in [1.165, 1.54) is 0 Å². The van der Waals surface area contributed by atoms with E-state index in [-0.39, 0.29) is 11.9 Å². The summed E-state index contributed by atoms with van der Waals surface area (Å²) in [6.45, 7) is 6.07. The predicted octanol–water partition coefficient (Wildman–Crippen LogP) is 3.43. The van der Waals surface area contributed by atoms with Crippen LogP contribution >= 0.6 is 0 Å². The molecule has 0 radical (unpaired) electrons. The number of hydrogen-bond acceptors (Lipinski definition) is 5. The number of nitrogens with one attached hydrogen (secondary N) is 1. The number of benzene rings is 1. The number of nitrogens with zero attached hydrogens (tertiary/aromatic N) is 3. The lowest BCUT2D eigenvalue weighted by atomic mass is 10.2. The summed E-state index contributed by atoms with van der Waals surface area (Å²) in [6.07, 6.45) is 3.16. The Labute approximate surface area is 169 Å². The van der Waals surface area contributed by atoms with E-state index >= 15 is 0 Å².